The first kappa shape index (κ1) is 33.5. The van der Waals surface area contributed by atoms with Gasteiger partial charge < -0.3 is 0 Å². The third-order valence-electron chi connectivity index (χ3n) is 6.37. The molecule has 0 aliphatic heterocycles. The first-order valence-corrected chi connectivity index (χ1v) is 15.5. The van der Waals surface area contributed by atoms with E-state index in [0.717, 1.165) is 22.3 Å². The smallest absolute Gasteiger partial charge is 0.204 e. The molecule has 2 radical (unpaired) electrons. The Hall–Kier alpha value is -4.00. The van der Waals surface area contributed by atoms with E-state index in [0.29, 0.717) is 0 Å². The van der Waals surface area contributed by atoms with Crippen molar-refractivity contribution >= 4 is 23.8 Å². The summed E-state index contributed by atoms with van der Waals surface area (Å²) in [5, 5.41) is 4.19. The zero-order chi connectivity index (χ0) is 29.2. The molecule has 0 unspecified atom stereocenters. The number of hydrogen-bond acceptors (Lipinski definition) is 0. The van der Waals surface area contributed by atoms with Crippen LogP contribution in [0.4, 0.5) is 0 Å². The van der Waals surface area contributed by atoms with Crippen molar-refractivity contribution in [3.8, 4) is 0 Å². The van der Waals surface area contributed by atoms with Crippen LogP contribution in [-0.4, -0.2) is 0 Å². The van der Waals surface area contributed by atoms with Crippen LogP contribution in [0.3, 0.4) is 0 Å². The van der Waals surface area contributed by atoms with Crippen molar-refractivity contribution in [1.29, 1.82) is 0 Å². The maximum atomic E-state index is 3.38. The van der Waals surface area contributed by atoms with E-state index in [2.05, 4.69) is 141 Å². The Labute approximate surface area is 270 Å². The normalized spacial score (nSPS) is 12.0. The second kappa shape index (κ2) is 19.2. The van der Waals surface area contributed by atoms with E-state index in [-0.39, 0.29) is 16.8 Å². The molecule has 5 aromatic rings. The molecule has 0 spiro atoms. The predicted octanol–water partition coefficient (Wildman–Crippen LogP) is 9.34. The van der Waals surface area contributed by atoms with Crippen molar-refractivity contribution in [1.82, 2.24) is 0 Å². The fourth-order valence-electron chi connectivity index (χ4n) is 4.16. The molecule has 0 nitrogen and oxygen atoms in total. The average molecular weight is 619 g/mol. The molecule has 0 atom stereocenters. The third-order valence-corrected chi connectivity index (χ3v) is 8.82. The van der Waals surface area contributed by atoms with Gasteiger partial charge in [-0.2, -0.15) is 23.3 Å². The van der Waals surface area contributed by atoms with E-state index in [1.807, 2.05) is 67.1 Å². The van der Waals surface area contributed by atoms with Crippen LogP contribution in [0.15, 0.2) is 187 Å². The van der Waals surface area contributed by atoms with Gasteiger partial charge in [-0.25, -0.2) is 11.1 Å². The van der Waals surface area contributed by atoms with Gasteiger partial charge in [-0.15, -0.1) is 48.5 Å². The number of rotatable bonds is 6. The molecule has 0 bridgehead atoms. The number of allylic oxidation sites excluding steroid dienone is 6. The van der Waals surface area contributed by atoms with Gasteiger partial charge in [0.05, 0.1) is 0 Å². The molecule has 0 saturated heterocycles. The second-order valence-corrected chi connectivity index (χ2v) is 11.8. The van der Waals surface area contributed by atoms with Crippen molar-refractivity contribution in [2.75, 3.05) is 0 Å². The van der Waals surface area contributed by atoms with Gasteiger partial charge in [-0.05, 0) is 23.8 Å². The molecule has 43 heavy (non-hydrogen) atoms. The van der Waals surface area contributed by atoms with E-state index in [4.69, 9.17) is 0 Å². The molecule has 0 fully saturated rings. The fourth-order valence-corrected chi connectivity index (χ4v) is 6.47. The fraction of sp³-hybridized carbons (Fsp3) is 0.0488. The molecule has 2 heteroatoms. The van der Waals surface area contributed by atoms with Crippen molar-refractivity contribution in [2.45, 2.75) is 13.8 Å². The zero-order valence-corrected chi connectivity index (χ0v) is 26.5. The van der Waals surface area contributed by atoms with Gasteiger partial charge in [0.1, 0.15) is 0 Å². The van der Waals surface area contributed by atoms with Crippen LogP contribution >= 0.6 is 7.92 Å². The summed E-state index contributed by atoms with van der Waals surface area (Å²) in [7, 11) is -0.446. The molecule has 0 amide bonds. The first-order valence-electron chi connectivity index (χ1n) is 14.1. The molecule has 1 aliphatic carbocycles. The Balaban J connectivity index is 0.000000199. The van der Waals surface area contributed by atoms with Crippen molar-refractivity contribution in [2.24, 2.45) is 0 Å². The summed E-state index contributed by atoms with van der Waals surface area (Å²) in [6, 6.07) is 52.7. The Morgan fingerprint density at radius 1 is 0.395 bits per heavy atom. The SMILES string of the molecule is CC(=[C-]c1ccccc1)C(C)=[C-]c1ccccc1.[CH]1C=CC=C1.[Co+2].c1ccc(P(c2ccccc2)c2ccccc2)cc1. The second-order valence-electron chi connectivity index (χ2n) is 9.54. The predicted molar refractivity (Wildman–Crippen MR) is 184 cm³/mol. The monoisotopic (exact) mass is 618 g/mol. The van der Waals surface area contributed by atoms with Gasteiger partial charge in [-0.1, -0.05) is 141 Å². The Morgan fingerprint density at radius 3 is 0.930 bits per heavy atom. The number of hydrogen-bond donors (Lipinski definition) is 0. The first-order chi connectivity index (χ1) is 20.7. The largest absolute Gasteiger partial charge is 2.00 e. The van der Waals surface area contributed by atoms with Crippen LogP contribution < -0.4 is 15.9 Å². The van der Waals surface area contributed by atoms with Crippen molar-refractivity contribution < 1.29 is 16.8 Å². The minimum absolute atomic E-state index is 0. The van der Waals surface area contributed by atoms with Crippen LogP contribution in [0.5, 0.6) is 0 Å². The minimum atomic E-state index is -0.446. The summed E-state index contributed by atoms with van der Waals surface area (Å²) in [5.41, 5.74) is 4.43. The topological polar surface area (TPSA) is 0 Å². The Morgan fingerprint density at radius 2 is 0.674 bits per heavy atom. The van der Waals surface area contributed by atoms with Crippen molar-refractivity contribution in [3.63, 3.8) is 0 Å². The summed E-state index contributed by atoms with van der Waals surface area (Å²) >= 11 is 0. The third kappa shape index (κ3) is 11.7. The van der Waals surface area contributed by atoms with Crippen molar-refractivity contribution in [3.05, 3.63) is 217 Å². The van der Waals surface area contributed by atoms with Gasteiger partial charge in [0.25, 0.3) is 0 Å². The van der Waals surface area contributed by atoms with Gasteiger partial charge in [0, 0.05) is 6.42 Å². The van der Waals surface area contributed by atoms with Gasteiger partial charge in [0.15, 0.2) is 0 Å². The van der Waals surface area contributed by atoms with Gasteiger partial charge >= 0.3 is 16.8 Å². The summed E-state index contributed by atoms with van der Waals surface area (Å²) in [6.45, 7) is 4.14. The van der Waals surface area contributed by atoms with Crippen LogP contribution in [-0.2, 0) is 16.8 Å². The molecule has 0 heterocycles. The van der Waals surface area contributed by atoms with E-state index in [1.54, 1.807) is 0 Å². The van der Waals surface area contributed by atoms with E-state index >= 15 is 0 Å². The van der Waals surface area contributed by atoms with Crippen LogP contribution in [0.2, 0.25) is 0 Å². The molecule has 1 aliphatic rings. The zero-order valence-electron chi connectivity index (χ0n) is 24.6. The number of benzene rings is 5. The van der Waals surface area contributed by atoms with Gasteiger partial charge in [0.2, 0.25) is 0 Å². The summed E-state index contributed by atoms with van der Waals surface area (Å²) < 4.78 is 0. The van der Waals surface area contributed by atoms with Crippen LogP contribution in [0.1, 0.15) is 25.0 Å². The molecular weight excluding hydrogens is 582 g/mol. The summed E-state index contributed by atoms with van der Waals surface area (Å²) in [5.74, 6) is 0. The molecular formula is C41H36CoP. The maximum absolute atomic E-state index is 3.38. The molecule has 0 N–H and O–H groups in total. The average Bonchev–Trinajstić information content (AvgIpc) is 3.65. The maximum Gasteiger partial charge on any atom is 2.00 e. The molecule has 5 aromatic carbocycles. The standard InChI is InChI=1S/C18H15P.C18H16.C5H5.Co/c1-4-10-16(11-5-1)19(17-12-6-2-7-13-17)18-14-8-3-9-15-18;1-15(13-17-9-5-3-6-10-17)16(2)14-18-11-7-4-8-12-18;1-2-4-5-3-1;/h1-15H;3-12H,1-2H3;1-5H;/q;-2;;+2. The molecule has 0 aromatic heterocycles. The summed E-state index contributed by atoms with van der Waals surface area (Å²) in [4.78, 5) is 0. The Kier molecular flexibility index (Phi) is 15.0. The molecule has 214 valence electrons. The quantitative estimate of drug-likeness (QED) is 0.101. The van der Waals surface area contributed by atoms with Gasteiger partial charge in [-0.3, -0.25) is 0 Å². The van der Waals surface area contributed by atoms with E-state index in [9.17, 15) is 0 Å². The molecule has 6 rings (SSSR count). The van der Waals surface area contributed by atoms with E-state index < -0.39 is 7.92 Å². The minimum Gasteiger partial charge on any atom is -0.204 e. The summed E-state index contributed by atoms with van der Waals surface area (Å²) in [6.07, 6.45) is 16.8. The van der Waals surface area contributed by atoms with E-state index in [1.165, 1.54) is 15.9 Å². The van der Waals surface area contributed by atoms with Crippen LogP contribution in [0, 0.1) is 18.6 Å². The Bertz CT molecular complexity index is 1410. The van der Waals surface area contributed by atoms with Crippen LogP contribution in [0.25, 0.3) is 0 Å². The molecule has 0 saturated carbocycles.